The molecule has 0 saturated heterocycles. The zero-order valence-corrected chi connectivity index (χ0v) is 11.0. The molecule has 0 bridgehead atoms. The number of hydrogen-bond acceptors (Lipinski definition) is 4. The monoisotopic (exact) mass is 279 g/mol. The topological polar surface area (TPSA) is 39.2 Å². The maximum absolute atomic E-state index is 11.4. The zero-order chi connectivity index (χ0) is 12.5. The lowest BCUT2D eigenvalue weighted by Gasteiger charge is -2.06. The van der Waals surface area contributed by atoms with Crippen LogP contribution in [0.5, 0.6) is 5.75 Å². The molecule has 0 fully saturated rings. The van der Waals surface area contributed by atoms with Gasteiger partial charge >= 0.3 is 0 Å². The summed E-state index contributed by atoms with van der Waals surface area (Å²) in [5.74, 6) is 0.729. The number of rotatable bonds is 3. The van der Waals surface area contributed by atoms with Gasteiger partial charge in [-0.2, -0.15) is 0 Å². The number of benzene rings is 1. The second kappa shape index (κ2) is 4.71. The highest BCUT2D eigenvalue weighted by molar-refractivity contribution is 7.09. The summed E-state index contributed by atoms with van der Waals surface area (Å²) < 4.78 is 5.82. The van der Waals surface area contributed by atoms with Crippen LogP contribution in [0.1, 0.15) is 27.2 Å². The molecule has 92 valence electrons. The van der Waals surface area contributed by atoms with E-state index in [1.54, 1.807) is 5.38 Å². The average Bonchev–Trinajstić information content (AvgIpc) is 3.03. The van der Waals surface area contributed by atoms with Crippen molar-refractivity contribution in [1.82, 2.24) is 4.98 Å². The number of carbonyl (C=O) groups excluding carboxylic acids is 1. The van der Waals surface area contributed by atoms with Gasteiger partial charge in [0.2, 0.25) is 0 Å². The Balaban J connectivity index is 1.82. The van der Waals surface area contributed by atoms with Crippen LogP contribution in [0.25, 0.3) is 0 Å². The molecule has 0 aliphatic carbocycles. The lowest BCUT2D eigenvalue weighted by Crippen LogP contribution is -2.05. The fourth-order valence-electron chi connectivity index (χ4n) is 1.95. The predicted octanol–water partition coefficient (Wildman–Crippen LogP) is 3.24. The van der Waals surface area contributed by atoms with Crippen LogP contribution in [-0.4, -0.2) is 16.6 Å². The molecule has 1 aromatic heterocycles. The molecule has 5 heteroatoms. The summed E-state index contributed by atoms with van der Waals surface area (Å²) in [5, 5.41) is 2.58. The minimum atomic E-state index is -0.144. The van der Waals surface area contributed by atoms with Crippen molar-refractivity contribution >= 4 is 28.7 Å². The number of hydrogen-bond donors (Lipinski definition) is 0. The number of aromatic nitrogens is 1. The minimum Gasteiger partial charge on any atom is -0.483 e. The molecule has 0 saturated carbocycles. The second-order valence-corrected chi connectivity index (χ2v) is 5.20. The van der Waals surface area contributed by atoms with Gasteiger partial charge in [-0.25, -0.2) is 4.98 Å². The van der Waals surface area contributed by atoms with Crippen LogP contribution >= 0.6 is 22.9 Å². The largest absolute Gasteiger partial charge is 0.483 e. The van der Waals surface area contributed by atoms with Gasteiger partial charge in [-0.1, -0.05) is 18.2 Å². The summed E-state index contributed by atoms with van der Waals surface area (Å²) in [5.41, 5.74) is 1.62. The van der Waals surface area contributed by atoms with E-state index in [1.165, 1.54) is 16.9 Å². The minimum absolute atomic E-state index is 0.0328. The molecule has 1 unspecified atom stereocenters. The maximum Gasteiger partial charge on any atom is 0.196 e. The molecule has 0 radical (unpaired) electrons. The SMILES string of the molecule is O=C(CCl)c1csc(C2Cc3ccccc3O2)n1. The van der Waals surface area contributed by atoms with Gasteiger partial charge in [0.05, 0.1) is 5.88 Å². The van der Waals surface area contributed by atoms with E-state index < -0.39 is 0 Å². The van der Waals surface area contributed by atoms with Crippen molar-refractivity contribution in [2.75, 3.05) is 5.88 Å². The summed E-state index contributed by atoms with van der Waals surface area (Å²) in [4.78, 5) is 15.7. The smallest absolute Gasteiger partial charge is 0.196 e. The lowest BCUT2D eigenvalue weighted by molar-refractivity contribution is 0.101. The molecule has 0 spiro atoms. The van der Waals surface area contributed by atoms with Gasteiger partial charge in [-0.15, -0.1) is 22.9 Å². The van der Waals surface area contributed by atoms with Gasteiger partial charge in [0.15, 0.2) is 11.9 Å². The van der Waals surface area contributed by atoms with Gasteiger partial charge in [-0.05, 0) is 11.6 Å². The van der Waals surface area contributed by atoms with Crippen LogP contribution in [0.4, 0.5) is 0 Å². The fourth-order valence-corrected chi connectivity index (χ4v) is 2.94. The van der Waals surface area contributed by atoms with E-state index in [4.69, 9.17) is 16.3 Å². The molecule has 2 heterocycles. The number of ether oxygens (including phenoxy) is 1. The molecule has 2 aromatic rings. The first-order valence-corrected chi connectivity index (χ1v) is 6.98. The van der Waals surface area contributed by atoms with Gasteiger partial charge in [0.1, 0.15) is 16.5 Å². The standard InChI is InChI=1S/C13H10ClNO2S/c14-6-10(16)9-7-18-13(15-9)12-5-8-3-1-2-4-11(8)17-12/h1-4,7,12H,5-6H2. The van der Waals surface area contributed by atoms with Crippen molar-refractivity contribution in [3.8, 4) is 5.75 Å². The molecular formula is C13H10ClNO2S. The highest BCUT2D eigenvalue weighted by Crippen LogP contribution is 2.37. The number of carbonyl (C=O) groups is 1. The van der Waals surface area contributed by atoms with E-state index >= 15 is 0 Å². The number of ketones is 1. The summed E-state index contributed by atoms with van der Waals surface area (Å²) in [7, 11) is 0. The number of nitrogens with zero attached hydrogens (tertiary/aromatic N) is 1. The van der Waals surface area contributed by atoms with Crippen molar-refractivity contribution in [1.29, 1.82) is 0 Å². The van der Waals surface area contributed by atoms with E-state index in [0.717, 1.165) is 17.2 Å². The Labute approximate surface area is 113 Å². The van der Waals surface area contributed by atoms with E-state index in [9.17, 15) is 4.79 Å². The number of fused-ring (bicyclic) bond motifs is 1. The third-order valence-electron chi connectivity index (χ3n) is 2.85. The Morgan fingerprint density at radius 3 is 3.11 bits per heavy atom. The third-order valence-corrected chi connectivity index (χ3v) is 4.03. The highest BCUT2D eigenvalue weighted by atomic mass is 35.5. The Bertz CT molecular complexity index is 571. The van der Waals surface area contributed by atoms with Gasteiger partial charge in [0.25, 0.3) is 0 Å². The van der Waals surface area contributed by atoms with Crippen molar-refractivity contribution in [3.05, 3.63) is 45.9 Å². The highest BCUT2D eigenvalue weighted by Gasteiger charge is 2.27. The van der Waals surface area contributed by atoms with Crippen molar-refractivity contribution in [3.63, 3.8) is 0 Å². The molecule has 1 aromatic carbocycles. The summed E-state index contributed by atoms with van der Waals surface area (Å²) in [6.45, 7) is 0. The molecule has 1 atom stereocenters. The van der Waals surface area contributed by atoms with Gasteiger partial charge < -0.3 is 4.74 Å². The van der Waals surface area contributed by atoms with Crippen molar-refractivity contribution in [2.24, 2.45) is 0 Å². The molecule has 3 rings (SSSR count). The Morgan fingerprint density at radius 2 is 2.33 bits per heavy atom. The van der Waals surface area contributed by atoms with E-state index in [0.29, 0.717) is 5.69 Å². The lowest BCUT2D eigenvalue weighted by atomic mass is 10.1. The first kappa shape index (κ1) is 11.7. The molecule has 0 N–H and O–H groups in total. The van der Waals surface area contributed by atoms with Crippen LogP contribution in [0.15, 0.2) is 29.6 Å². The third kappa shape index (κ3) is 2.02. The average molecular weight is 280 g/mol. The van der Waals surface area contributed by atoms with Crippen LogP contribution in [-0.2, 0) is 6.42 Å². The first-order valence-electron chi connectivity index (χ1n) is 5.57. The Morgan fingerprint density at radius 1 is 1.50 bits per heavy atom. The van der Waals surface area contributed by atoms with Crippen LogP contribution < -0.4 is 4.74 Å². The zero-order valence-electron chi connectivity index (χ0n) is 9.43. The van der Waals surface area contributed by atoms with E-state index in [2.05, 4.69) is 4.98 Å². The molecule has 0 amide bonds. The number of halogens is 1. The van der Waals surface area contributed by atoms with Gasteiger partial charge in [-0.3, -0.25) is 4.79 Å². The van der Waals surface area contributed by atoms with Crippen molar-refractivity contribution < 1.29 is 9.53 Å². The maximum atomic E-state index is 11.4. The predicted molar refractivity (Wildman–Crippen MR) is 70.7 cm³/mol. The van der Waals surface area contributed by atoms with Crippen LogP contribution in [0, 0.1) is 0 Å². The first-order chi connectivity index (χ1) is 8.78. The number of para-hydroxylation sites is 1. The molecular weight excluding hydrogens is 270 g/mol. The number of Topliss-reactive ketones (excluding diaryl/α,β-unsaturated/α-hetero) is 1. The molecule has 3 nitrogen and oxygen atoms in total. The Kier molecular flexibility index (Phi) is 3.06. The fraction of sp³-hybridized carbons (Fsp3) is 0.231. The summed E-state index contributed by atoms with van der Waals surface area (Å²) >= 11 is 6.96. The second-order valence-electron chi connectivity index (χ2n) is 4.05. The van der Waals surface area contributed by atoms with E-state index in [1.807, 2.05) is 24.3 Å². The quantitative estimate of drug-likeness (QED) is 0.639. The summed E-state index contributed by atoms with van der Waals surface area (Å²) in [6, 6.07) is 7.95. The molecule has 1 aliphatic heterocycles. The van der Waals surface area contributed by atoms with Crippen LogP contribution in [0.2, 0.25) is 0 Å². The number of thiazole rings is 1. The molecule has 18 heavy (non-hydrogen) atoms. The van der Waals surface area contributed by atoms with Gasteiger partial charge in [0, 0.05) is 11.8 Å². The van der Waals surface area contributed by atoms with Crippen molar-refractivity contribution in [2.45, 2.75) is 12.5 Å². The Hall–Kier alpha value is -1.39. The van der Waals surface area contributed by atoms with Crippen LogP contribution in [0.3, 0.4) is 0 Å². The molecule has 1 aliphatic rings. The normalized spacial score (nSPS) is 17.3. The number of alkyl halides is 1. The summed E-state index contributed by atoms with van der Waals surface area (Å²) in [6.07, 6.45) is 0.724. The van der Waals surface area contributed by atoms with E-state index in [-0.39, 0.29) is 17.8 Å².